The zero-order chi connectivity index (χ0) is 16.8. The highest BCUT2D eigenvalue weighted by Gasteiger charge is 2.15. The fourth-order valence-corrected chi connectivity index (χ4v) is 2.50. The van der Waals surface area contributed by atoms with Crippen LogP contribution in [0.3, 0.4) is 0 Å². The Morgan fingerprint density at radius 1 is 1.08 bits per heavy atom. The molecule has 4 heteroatoms. The number of carbonyl (C=O) groups excluding carboxylic acids is 1. The van der Waals surface area contributed by atoms with E-state index in [1.807, 2.05) is 30.3 Å². The normalized spacial score (nSPS) is 16.8. The maximum Gasteiger partial charge on any atom is 0.248 e. The van der Waals surface area contributed by atoms with Gasteiger partial charge in [-0.25, -0.2) is 0 Å². The molecule has 0 bridgehead atoms. The van der Waals surface area contributed by atoms with Crippen LogP contribution >= 0.6 is 0 Å². The molecule has 1 atom stereocenters. The Morgan fingerprint density at radius 3 is 2.54 bits per heavy atom. The highest BCUT2D eigenvalue weighted by Crippen LogP contribution is 2.20. The van der Waals surface area contributed by atoms with E-state index < -0.39 is 5.91 Å². The minimum atomic E-state index is -0.457. The van der Waals surface area contributed by atoms with Gasteiger partial charge >= 0.3 is 0 Å². The van der Waals surface area contributed by atoms with Gasteiger partial charge in [0.1, 0.15) is 5.75 Å². The van der Waals surface area contributed by atoms with Gasteiger partial charge < -0.3 is 15.2 Å². The molecule has 0 radical (unpaired) electrons. The number of benzene rings is 2. The first-order valence-electron chi connectivity index (χ1n) is 8.01. The van der Waals surface area contributed by atoms with E-state index in [1.54, 1.807) is 18.2 Å². The summed E-state index contributed by atoms with van der Waals surface area (Å²) in [6, 6.07) is 14.6. The lowest BCUT2D eigenvalue weighted by atomic mass is 10.1. The lowest BCUT2D eigenvalue weighted by molar-refractivity contribution is -0.105. The predicted octanol–water partition coefficient (Wildman–Crippen LogP) is 3.09. The first kappa shape index (κ1) is 16.1. The molecule has 2 aromatic rings. The van der Waals surface area contributed by atoms with Crippen molar-refractivity contribution in [3.05, 3.63) is 65.2 Å². The molecule has 24 heavy (non-hydrogen) atoms. The van der Waals surface area contributed by atoms with Gasteiger partial charge in [0, 0.05) is 23.1 Å². The van der Waals surface area contributed by atoms with Crippen LogP contribution in [0, 0.1) is 11.8 Å². The van der Waals surface area contributed by atoms with Crippen molar-refractivity contribution >= 4 is 5.91 Å². The number of carbonyl (C=O) groups is 1. The Balaban J connectivity index is 1.73. The van der Waals surface area contributed by atoms with Crippen molar-refractivity contribution in [2.45, 2.75) is 25.6 Å². The van der Waals surface area contributed by atoms with Crippen LogP contribution in [0.1, 0.15) is 40.7 Å². The number of ether oxygens (including phenoxy) is 2. The Bertz CT molecular complexity index is 783. The summed E-state index contributed by atoms with van der Waals surface area (Å²) in [5, 5.41) is 0. The molecule has 1 aliphatic rings. The second-order valence-electron chi connectivity index (χ2n) is 5.64. The molecule has 0 saturated carbocycles. The van der Waals surface area contributed by atoms with Crippen LogP contribution in [0.25, 0.3) is 0 Å². The summed E-state index contributed by atoms with van der Waals surface area (Å²) in [5.74, 6) is 6.42. The molecule has 1 saturated heterocycles. The summed E-state index contributed by atoms with van der Waals surface area (Å²) in [4.78, 5) is 11.2. The topological polar surface area (TPSA) is 61.6 Å². The minimum Gasteiger partial charge on any atom is -0.465 e. The molecule has 0 aliphatic carbocycles. The van der Waals surface area contributed by atoms with Gasteiger partial charge in [-0.1, -0.05) is 24.0 Å². The van der Waals surface area contributed by atoms with E-state index in [9.17, 15) is 4.79 Å². The molecule has 1 fully saturated rings. The number of hydrogen-bond donors (Lipinski definition) is 1. The van der Waals surface area contributed by atoms with Crippen molar-refractivity contribution in [3.63, 3.8) is 0 Å². The number of amides is 1. The molecular formula is C20H19NO3. The second kappa shape index (κ2) is 7.67. The summed E-state index contributed by atoms with van der Waals surface area (Å²) in [6.07, 6.45) is 2.96. The average Bonchev–Trinajstić information content (AvgIpc) is 2.61. The molecule has 2 N–H and O–H groups in total. The largest absolute Gasteiger partial charge is 0.465 e. The quantitative estimate of drug-likeness (QED) is 0.884. The van der Waals surface area contributed by atoms with E-state index in [4.69, 9.17) is 15.2 Å². The fourth-order valence-electron chi connectivity index (χ4n) is 2.50. The fraction of sp³-hybridized carbons (Fsp3) is 0.250. The number of hydrogen-bond acceptors (Lipinski definition) is 3. The molecule has 0 spiro atoms. The van der Waals surface area contributed by atoms with Gasteiger partial charge in [-0.05, 0) is 49.2 Å². The maximum absolute atomic E-state index is 11.2. The first-order chi connectivity index (χ1) is 11.7. The molecule has 0 aromatic heterocycles. The van der Waals surface area contributed by atoms with Crippen molar-refractivity contribution in [3.8, 4) is 17.6 Å². The molecule has 122 valence electrons. The zero-order valence-corrected chi connectivity index (χ0v) is 13.3. The second-order valence-corrected chi connectivity index (χ2v) is 5.64. The summed E-state index contributed by atoms with van der Waals surface area (Å²) < 4.78 is 11.4. The minimum absolute atomic E-state index is 0.172. The van der Waals surface area contributed by atoms with E-state index in [0.717, 1.165) is 42.7 Å². The maximum atomic E-state index is 11.2. The molecule has 3 rings (SSSR count). The van der Waals surface area contributed by atoms with Crippen LogP contribution in [0.4, 0.5) is 0 Å². The Hall–Kier alpha value is -2.77. The average molecular weight is 321 g/mol. The third kappa shape index (κ3) is 4.37. The van der Waals surface area contributed by atoms with Crippen molar-refractivity contribution in [1.29, 1.82) is 0 Å². The summed E-state index contributed by atoms with van der Waals surface area (Å²) in [6.45, 7) is 0.750. The molecule has 1 amide bonds. The van der Waals surface area contributed by atoms with Crippen LogP contribution in [0.5, 0.6) is 5.75 Å². The highest BCUT2D eigenvalue weighted by atomic mass is 16.7. The SMILES string of the molecule is NC(=O)c1cccc(C#Cc2cccc(OC3CCCCO3)c2)c1. The van der Waals surface area contributed by atoms with Gasteiger partial charge in [0.2, 0.25) is 5.91 Å². The van der Waals surface area contributed by atoms with Gasteiger partial charge in [0.15, 0.2) is 6.29 Å². The van der Waals surface area contributed by atoms with Gasteiger partial charge in [0.25, 0.3) is 0 Å². The Morgan fingerprint density at radius 2 is 1.83 bits per heavy atom. The van der Waals surface area contributed by atoms with Crippen LogP contribution in [0.15, 0.2) is 48.5 Å². The zero-order valence-electron chi connectivity index (χ0n) is 13.3. The Labute approximate surface area is 141 Å². The van der Waals surface area contributed by atoms with Gasteiger partial charge in [0.05, 0.1) is 6.61 Å². The van der Waals surface area contributed by atoms with Crippen molar-refractivity contribution < 1.29 is 14.3 Å². The van der Waals surface area contributed by atoms with Crippen LogP contribution in [-0.2, 0) is 4.74 Å². The van der Waals surface area contributed by atoms with Crippen LogP contribution < -0.4 is 10.5 Å². The first-order valence-corrected chi connectivity index (χ1v) is 8.01. The number of rotatable bonds is 3. The summed E-state index contributed by atoms with van der Waals surface area (Å²) >= 11 is 0. The molecule has 4 nitrogen and oxygen atoms in total. The Kier molecular flexibility index (Phi) is 5.15. The third-order valence-corrected chi connectivity index (χ3v) is 3.74. The predicted molar refractivity (Wildman–Crippen MR) is 91.6 cm³/mol. The van der Waals surface area contributed by atoms with E-state index in [0.29, 0.717) is 5.56 Å². The van der Waals surface area contributed by atoms with E-state index in [1.165, 1.54) is 0 Å². The lowest BCUT2D eigenvalue weighted by Gasteiger charge is -2.23. The van der Waals surface area contributed by atoms with Crippen molar-refractivity contribution in [2.24, 2.45) is 5.73 Å². The molecule has 2 aromatic carbocycles. The molecular weight excluding hydrogens is 302 g/mol. The van der Waals surface area contributed by atoms with Crippen molar-refractivity contribution in [1.82, 2.24) is 0 Å². The van der Waals surface area contributed by atoms with Crippen molar-refractivity contribution in [2.75, 3.05) is 6.61 Å². The standard InChI is InChI=1S/C20H19NO3/c21-20(22)17-7-3-5-15(13-17)10-11-16-6-4-8-18(14-16)24-19-9-1-2-12-23-19/h3-8,13-14,19H,1-2,9,12H2,(H2,21,22). The molecule has 1 heterocycles. The van der Waals surface area contributed by atoms with Gasteiger partial charge in [-0.3, -0.25) is 4.79 Å². The molecule has 1 unspecified atom stereocenters. The smallest absolute Gasteiger partial charge is 0.248 e. The van der Waals surface area contributed by atoms with E-state index in [2.05, 4.69) is 11.8 Å². The van der Waals surface area contributed by atoms with E-state index >= 15 is 0 Å². The van der Waals surface area contributed by atoms with Gasteiger partial charge in [-0.15, -0.1) is 0 Å². The number of primary amides is 1. The third-order valence-electron chi connectivity index (χ3n) is 3.74. The van der Waals surface area contributed by atoms with Crippen LogP contribution in [-0.4, -0.2) is 18.8 Å². The van der Waals surface area contributed by atoms with Gasteiger partial charge in [-0.2, -0.15) is 0 Å². The summed E-state index contributed by atoms with van der Waals surface area (Å²) in [7, 11) is 0. The number of nitrogens with two attached hydrogens (primary N) is 1. The lowest BCUT2D eigenvalue weighted by Crippen LogP contribution is -2.24. The summed E-state index contributed by atoms with van der Waals surface area (Å²) in [5.41, 5.74) is 7.32. The molecule has 1 aliphatic heterocycles. The monoisotopic (exact) mass is 321 g/mol. The van der Waals surface area contributed by atoms with Crippen LogP contribution in [0.2, 0.25) is 0 Å². The van der Waals surface area contributed by atoms with E-state index in [-0.39, 0.29) is 6.29 Å². The highest BCUT2D eigenvalue weighted by molar-refractivity contribution is 5.93.